The van der Waals surface area contributed by atoms with Gasteiger partial charge in [-0.05, 0) is 32.9 Å². The Kier molecular flexibility index (Phi) is 3.09. The highest BCUT2D eigenvalue weighted by atomic mass is 16.1. The van der Waals surface area contributed by atoms with Crippen LogP contribution in [0.1, 0.15) is 27.4 Å². The molecule has 0 spiro atoms. The monoisotopic (exact) mass is 320 g/mol. The number of rotatable bonds is 2. The number of aromatic nitrogens is 5. The Morgan fingerprint density at radius 2 is 1.96 bits per heavy atom. The molecule has 0 aliphatic rings. The largest absolute Gasteiger partial charge is 0.322 e. The highest BCUT2D eigenvalue weighted by Gasteiger charge is 2.16. The molecular formula is C17H16N6O. The van der Waals surface area contributed by atoms with Gasteiger partial charge in [-0.15, -0.1) is 0 Å². The number of pyridine rings is 1. The Morgan fingerprint density at radius 1 is 1.12 bits per heavy atom. The maximum absolute atomic E-state index is 12.6. The summed E-state index contributed by atoms with van der Waals surface area (Å²) >= 11 is 0. The fraction of sp³-hybridized carbons (Fsp3) is 0.176. The van der Waals surface area contributed by atoms with E-state index in [2.05, 4.69) is 20.4 Å². The Bertz CT molecular complexity index is 1090. The molecule has 7 heteroatoms. The Morgan fingerprint density at radius 3 is 2.79 bits per heavy atom. The third kappa shape index (κ3) is 2.30. The van der Waals surface area contributed by atoms with Crippen molar-refractivity contribution in [3.8, 4) is 0 Å². The van der Waals surface area contributed by atoms with Crippen LogP contribution >= 0.6 is 0 Å². The van der Waals surface area contributed by atoms with E-state index in [9.17, 15) is 4.79 Å². The number of anilines is 1. The van der Waals surface area contributed by atoms with Crippen LogP contribution in [0, 0.1) is 20.8 Å². The van der Waals surface area contributed by atoms with E-state index in [4.69, 9.17) is 0 Å². The Hall–Kier alpha value is -3.22. The molecule has 0 unspecified atom stereocenters. The van der Waals surface area contributed by atoms with E-state index in [-0.39, 0.29) is 5.91 Å². The molecule has 1 N–H and O–H groups in total. The summed E-state index contributed by atoms with van der Waals surface area (Å²) < 4.78 is 3.58. The third-order valence-electron chi connectivity index (χ3n) is 3.86. The highest BCUT2D eigenvalue weighted by molar-refractivity contribution is 6.08. The van der Waals surface area contributed by atoms with Crippen LogP contribution in [0.2, 0.25) is 0 Å². The molecule has 0 bridgehead atoms. The smallest absolute Gasteiger partial charge is 0.261 e. The molecule has 0 aromatic carbocycles. The predicted octanol–water partition coefficient (Wildman–Crippen LogP) is 2.55. The lowest BCUT2D eigenvalue weighted by atomic mass is 10.2. The second-order valence-corrected chi connectivity index (χ2v) is 5.85. The molecule has 0 aliphatic carbocycles. The molecule has 1 amide bonds. The number of carbonyl (C=O) groups is 1. The number of amides is 1. The first-order valence-electron chi connectivity index (χ1n) is 7.60. The Balaban J connectivity index is 1.70. The van der Waals surface area contributed by atoms with Crippen LogP contribution in [0.3, 0.4) is 0 Å². The number of nitrogens with zero attached hydrogens (tertiary/aromatic N) is 5. The van der Waals surface area contributed by atoms with Crippen LogP contribution in [0.4, 0.5) is 5.69 Å². The Labute approximate surface area is 138 Å². The molecule has 120 valence electrons. The van der Waals surface area contributed by atoms with Gasteiger partial charge < -0.3 is 9.72 Å². The van der Waals surface area contributed by atoms with E-state index in [1.807, 2.05) is 55.8 Å². The number of imidazole rings is 1. The summed E-state index contributed by atoms with van der Waals surface area (Å²) in [4.78, 5) is 21.5. The van der Waals surface area contributed by atoms with Gasteiger partial charge in [0.1, 0.15) is 11.2 Å². The van der Waals surface area contributed by atoms with Crippen LogP contribution < -0.4 is 5.32 Å². The fourth-order valence-corrected chi connectivity index (χ4v) is 2.82. The van der Waals surface area contributed by atoms with Crippen molar-refractivity contribution in [2.24, 2.45) is 0 Å². The summed E-state index contributed by atoms with van der Waals surface area (Å²) in [5.41, 5.74) is 5.19. The van der Waals surface area contributed by atoms with Gasteiger partial charge >= 0.3 is 0 Å². The van der Waals surface area contributed by atoms with E-state index in [0.717, 1.165) is 22.7 Å². The predicted molar refractivity (Wildman–Crippen MR) is 90.3 cm³/mol. The van der Waals surface area contributed by atoms with Crippen LogP contribution in [-0.4, -0.2) is 29.9 Å². The van der Waals surface area contributed by atoms with Crippen molar-refractivity contribution in [2.45, 2.75) is 20.8 Å². The van der Waals surface area contributed by atoms with Gasteiger partial charge in [0, 0.05) is 35.5 Å². The van der Waals surface area contributed by atoms with Crippen LogP contribution in [0.25, 0.3) is 11.3 Å². The molecule has 4 aromatic rings. The maximum atomic E-state index is 12.6. The SMILES string of the molecule is Cc1cn2ccc(NC(=O)c3cnn4c(C)cc(C)nc34)cc2n1. The van der Waals surface area contributed by atoms with Crippen molar-refractivity contribution in [2.75, 3.05) is 5.32 Å². The molecule has 0 saturated heterocycles. The molecule has 7 nitrogen and oxygen atoms in total. The van der Waals surface area contributed by atoms with Crippen molar-refractivity contribution in [1.29, 1.82) is 0 Å². The van der Waals surface area contributed by atoms with Crippen molar-refractivity contribution in [3.05, 3.63) is 59.4 Å². The van der Waals surface area contributed by atoms with Gasteiger partial charge in [-0.1, -0.05) is 0 Å². The zero-order valence-corrected chi connectivity index (χ0v) is 13.6. The molecule has 0 saturated carbocycles. The van der Waals surface area contributed by atoms with Gasteiger partial charge in [0.05, 0.1) is 11.9 Å². The van der Waals surface area contributed by atoms with Crippen LogP contribution in [0.5, 0.6) is 0 Å². The van der Waals surface area contributed by atoms with E-state index >= 15 is 0 Å². The molecule has 4 aromatic heterocycles. The van der Waals surface area contributed by atoms with Gasteiger partial charge in [0.15, 0.2) is 5.65 Å². The molecule has 4 heterocycles. The minimum absolute atomic E-state index is 0.241. The summed E-state index contributed by atoms with van der Waals surface area (Å²) in [6.07, 6.45) is 5.34. The lowest BCUT2D eigenvalue weighted by Gasteiger charge is -2.05. The van der Waals surface area contributed by atoms with E-state index in [0.29, 0.717) is 16.9 Å². The first-order chi connectivity index (χ1) is 11.5. The highest BCUT2D eigenvalue weighted by Crippen LogP contribution is 2.16. The zero-order chi connectivity index (χ0) is 16.8. The van der Waals surface area contributed by atoms with Crippen molar-refractivity contribution in [3.63, 3.8) is 0 Å². The van der Waals surface area contributed by atoms with Gasteiger partial charge in [0.25, 0.3) is 5.91 Å². The van der Waals surface area contributed by atoms with Gasteiger partial charge in [-0.2, -0.15) is 5.10 Å². The van der Waals surface area contributed by atoms with E-state index in [1.54, 1.807) is 10.7 Å². The lowest BCUT2D eigenvalue weighted by molar-refractivity contribution is 0.102. The maximum Gasteiger partial charge on any atom is 0.261 e. The van der Waals surface area contributed by atoms with Gasteiger partial charge in [0.2, 0.25) is 0 Å². The van der Waals surface area contributed by atoms with E-state index < -0.39 is 0 Å². The summed E-state index contributed by atoms with van der Waals surface area (Å²) in [6.45, 7) is 5.77. The fourth-order valence-electron chi connectivity index (χ4n) is 2.82. The van der Waals surface area contributed by atoms with Gasteiger partial charge in [-0.25, -0.2) is 14.5 Å². The topological polar surface area (TPSA) is 76.6 Å². The molecule has 24 heavy (non-hydrogen) atoms. The second kappa shape index (κ2) is 5.16. The van der Waals surface area contributed by atoms with Crippen molar-refractivity contribution in [1.82, 2.24) is 24.0 Å². The lowest BCUT2D eigenvalue weighted by Crippen LogP contribution is -2.12. The number of hydrogen-bond donors (Lipinski definition) is 1. The molecule has 0 aliphatic heterocycles. The second-order valence-electron chi connectivity index (χ2n) is 5.85. The van der Waals surface area contributed by atoms with Crippen LogP contribution in [0.15, 0.2) is 36.8 Å². The standard InChI is InChI=1S/C17H16N6O/c1-10-6-12(3)23-16(20-10)14(8-18-23)17(24)21-13-4-5-22-9-11(2)19-15(22)7-13/h4-9H,1-3H3,(H,21,24). The number of carbonyl (C=O) groups excluding carboxylic acids is 1. The number of nitrogens with one attached hydrogen (secondary N) is 1. The normalized spacial score (nSPS) is 11.3. The molecular weight excluding hydrogens is 304 g/mol. The van der Waals surface area contributed by atoms with E-state index in [1.165, 1.54) is 0 Å². The van der Waals surface area contributed by atoms with Gasteiger partial charge in [-0.3, -0.25) is 4.79 Å². The van der Waals surface area contributed by atoms with Crippen molar-refractivity contribution < 1.29 is 4.79 Å². The van der Waals surface area contributed by atoms with Crippen LogP contribution in [-0.2, 0) is 0 Å². The first-order valence-corrected chi connectivity index (χ1v) is 7.60. The van der Waals surface area contributed by atoms with Crippen molar-refractivity contribution >= 4 is 22.9 Å². The minimum atomic E-state index is -0.241. The summed E-state index contributed by atoms with van der Waals surface area (Å²) in [5.74, 6) is -0.241. The minimum Gasteiger partial charge on any atom is -0.322 e. The molecule has 0 atom stereocenters. The summed E-state index contributed by atoms with van der Waals surface area (Å²) in [7, 11) is 0. The first kappa shape index (κ1) is 14.4. The molecule has 4 rings (SSSR count). The summed E-state index contributed by atoms with van der Waals surface area (Å²) in [5, 5.41) is 7.14. The molecule has 0 radical (unpaired) electrons. The average Bonchev–Trinajstić information content (AvgIpc) is 3.09. The average molecular weight is 320 g/mol. The number of hydrogen-bond acceptors (Lipinski definition) is 4. The number of aryl methyl sites for hydroxylation is 3. The molecule has 0 fully saturated rings. The zero-order valence-electron chi connectivity index (χ0n) is 13.6. The number of fused-ring (bicyclic) bond motifs is 2. The summed E-state index contributed by atoms with van der Waals surface area (Å²) in [6, 6.07) is 5.60. The quantitative estimate of drug-likeness (QED) is 0.616. The third-order valence-corrected chi connectivity index (χ3v) is 3.86.